The number of rotatable bonds is 4. The highest BCUT2D eigenvalue weighted by Gasteiger charge is 2.18. The molecule has 0 aliphatic rings. The third kappa shape index (κ3) is 3.05. The summed E-state index contributed by atoms with van der Waals surface area (Å²) in [6.07, 6.45) is 2.92. The second kappa shape index (κ2) is 6.30. The van der Waals surface area contributed by atoms with Gasteiger partial charge in [0.1, 0.15) is 11.6 Å². The predicted octanol–water partition coefficient (Wildman–Crippen LogP) is 2.41. The lowest BCUT2D eigenvalue weighted by atomic mass is 10.1. The van der Waals surface area contributed by atoms with Crippen molar-refractivity contribution in [3.63, 3.8) is 0 Å². The van der Waals surface area contributed by atoms with Gasteiger partial charge in [-0.2, -0.15) is 5.10 Å². The van der Waals surface area contributed by atoms with Gasteiger partial charge in [-0.3, -0.25) is 0 Å². The van der Waals surface area contributed by atoms with Gasteiger partial charge in [0, 0.05) is 17.8 Å². The third-order valence-corrected chi connectivity index (χ3v) is 3.60. The van der Waals surface area contributed by atoms with Crippen molar-refractivity contribution in [2.75, 3.05) is 5.32 Å². The smallest absolute Gasteiger partial charge is 0.175 e. The van der Waals surface area contributed by atoms with Gasteiger partial charge in [0.2, 0.25) is 0 Å². The zero-order valence-electron chi connectivity index (χ0n) is 12.9. The maximum Gasteiger partial charge on any atom is 0.175 e. The molecule has 0 aliphatic carbocycles. The van der Waals surface area contributed by atoms with Crippen LogP contribution in [0.15, 0.2) is 35.7 Å². The number of nitrogens with one attached hydrogen (secondary N) is 1. The summed E-state index contributed by atoms with van der Waals surface area (Å²) in [5, 5.41) is 18.5. The van der Waals surface area contributed by atoms with Crippen molar-refractivity contribution in [1.29, 1.82) is 0 Å². The van der Waals surface area contributed by atoms with Crippen LogP contribution in [0.2, 0.25) is 0 Å². The van der Waals surface area contributed by atoms with Gasteiger partial charge in [-0.05, 0) is 19.1 Å². The van der Waals surface area contributed by atoms with Gasteiger partial charge in [0.05, 0.1) is 17.8 Å². The fourth-order valence-corrected chi connectivity index (χ4v) is 2.37. The quantitative estimate of drug-likeness (QED) is 0.221. The van der Waals surface area contributed by atoms with Crippen molar-refractivity contribution in [3.8, 4) is 0 Å². The van der Waals surface area contributed by atoms with Gasteiger partial charge < -0.3 is 16.3 Å². The molecule has 0 unspecified atom stereocenters. The first kappa shape index (κ1) is 16.6. The average molecular weight is 350 g/mol. The standard InChI is InChI=1S/C15H13F3N6O/c1-7(9-4-8(16)5-11(17)13(9)18)21-12-2-3-24-15(22-12)10(6-20-24)14(19)23-25/h2-7,25H,1H3,(H2,19,23)(H,21,22)/t7-/m1/s1. The Morgan fingerprint density at radius 3 is 2.84 bits per heavy atom. The Balaban J connectivity index is 1.95. The molecule has 2 heterocycles. The number of hydrogen-bond donors (Lipinski definition) is 3. The molecule has 3 rings (SSSR count). The average Bonchev–Trinajstić information content (AvgIpc) is 3.00. The molecule has 4 N–H and O–H groups in total. The van der Waals surface area contributed by atoms with E-state index in [-0.39, 0.29) is 17.2 Å². The Bertz CT molecular complexity index is 971. The predicted molar refractivity (Wildman–Crippen MR) is 83.9 cm³/mol. The van der Waals surface area contributed by atoms with Crippen LogP contribution in [-0.2, 0) is 0 Å². The van der Waals surface area contributed by atoms with Crippen molar-refractivity contribution in [3.05, 3.63) is 59.2 Å². The van der Waals surface area contributed by atoms with Crippen molar-refractivity contribution < 1.29 is 18.4 Å². The molecule has 3 aromatic rings. The monoisotopic (exact) mass is 350 g/mol. The van der Waals surface area contributed by atoms with Crippen LogP contribution in [0.1, 0.15) is 24.1 Å². The molecule has 0 amide bonds. The number of fused-ring (bicyclic) bond motifs is 1. The van der Waals surface area contributed by atoms with Crippen LogP contribution in [0.4, 0.5) is 19.0 Å². The highest BCUT2D eigenvalue weighted by atomic mass is 19.2. The largest absolute Gasteiger partial charge is 0.409 e. The summed E-state index contributed by atoms with van der Waals surface area (Å²) in [4.78, 5) is 4.25. The van der Waals surface area contributed by atoms with Crippen LogP contribution in [0, 0.1) is 17.5 Å². The van der Waals surface area contributed by atoms with Crippen molar-refractivity contribution in [2.45, 2.75) is 13.0 Å². The first-order valence-electron chi connectivity index (χ1n) is 7.14. The normalized spacial score (nSPS) is 13.2. The van der Waals surface area contributed by atoms with E-state index in [9.17, 15) is 13.2 Å². The molecule has 130 valence electrons. The number of oxime groups is 1. The van der Waals surface area contributed by atoms with E-state index >= 15 is 0 Å². The van der Waals surface area contributed by atoms with Gasteiger partial charge in [-0.25, -0.2) is 22.7 Å². The fraction of sp³-hybridized carbons (Fsp3) is 0.133. The van der Waals surface area contributed by atoms with Gasteiger partial charge in [-0.1, -0.05) is 5.16 Å². The van der Waals surface area contributed by atoms with E-state index in [2.05, 4.69) is 20.6 Å². The minimum Gasteiger partial charge on any atom is -0.409 e. The molecule has 0 spiro atoms. The van der Waals surface area contributed by atoms with E-state index in [1.165, 1.54) is 17.6 Å². The van der Waals surface area contributed by atoms with E-state index in [0.29, 0.717) is 17.3 Å². The molecule has 0 bridgehead atoms. The Hall–Kier alpha value is -3.30. The number of amidine groups is 1. The minimum absolute atomic E-state index is 0.175. The lowest BCUT2D eigenvalue weighted by Gasteiger charge is -2.16. The highest BCUT2D eigenvalue weighted by Crippen LogP contribution is 2.24. The molecule has 0 radical (unpaired) electrons. The first-order valence-corrected chi connectivity index (χ1v) is 7.14. The number of nitrogens with zero attached hydrogens (tertiary/aromatic N) is 4. The second-order valence-electron chi connectivity index (χ2n) is 5.28. The molecule has 10 heteroatoms. The molecule has 0 aliphatic heterocycles. The Morgan fingerprint density at radius 2 is 2.12 bits per heavy atom. The van der Waals surface area contributed by atoms with Crippen LogP contribution in [0.25, 0.3) is 5.65 Å². The lowest BCUT2D eigenvalue weighted by Crippen LogP contribution is -2.14. The lowest BCUT2D eigenvalue weighted by molar-refractivity contribution is 0.318. The fourth-order valence-electron chi connectivity index (χ4n) is 2.37. The Kier molecular flexibility index (Phi) is 4.17. The molecule has 1 atom stereocenters. The molecular weight excluding hydrogens is 337 g/mol. The third-order valence-electron chi connectivity index (χ3n) is 3.60. The molecule has 0 saturated carbocycles. The van der Waals surface area contributed by atoms with Crippen molar-refractivity contribution >= 4 is 17.3 Å². The number of anilines is 1. The highest BCUT2D eigenvalue weighted by molar-refractivity contribution is 6.02. The molecule has 1 aromatic carbocycles. The zero-order chi connectivity index (χ0) is 18.1. The second-order valence-corrected chi connectivity index (χ2v) is 5.28. The van der Waals surface area contributed by atoms with E-state index in [0.717, 1.165) is 6.07 Å². The van der Waals surface area contributed by atoms with E-state index in [1.807, 2.05) is 0 Å². The number of hydrogen-bond acceptors (Lipinski definition) is 5. The summed E-state index contributed by atoms with van der Waals surface area (Å²) in [5.74, 6) is -3.17. The maximum absolute atomic E-state index is 13.9. The molecule has 0 saturated heterocycles. The van der Waals surface area contributed by atoms with Crippen LogP contribution in [-0.4, -0.2) is 25.6 Å². The SMILES string of the molecule is C[C@@H](Nc1ccn2ncc(/C(N)=N/O)c2n1)c1cc(F)cc(F)c1F. The minimum atomic E-state index is -1.27. The summed E-state index contributed by atoms with van der Waals surface area (Å²) in [5.41, 5.74) is 5.96. The first-order chi connectivity index (χ1) is 11.9. The van der Waals surface area contributed by atoms with Gasteiger partial charge in [0.25, 0.3) is 0 Å². The number of benzene rings is 1. The maximum atomic E-state index is 13.9. The molecule has 2 aromatic heterocycles. The Labute approximate surface area is 139 Å². The summed E-state index contributed by atoms with van der Waals surface area (Å²) < 4.78 is 42.0. The van der Waals surface area contributed by atoms with E-state index in [4.69, 9.17) is 10.9 Å². The van der Waals surface area contributed by atoms with Crippen LogP contribution in [0.3, 0.4) is 0 Å². The Morgan fingerprint density at radius 1 is 1.36 bits per heavy atom. The summed E-state index contributed by atoms with van der Waals surface area (Å²) in [6, 6.07) is 2.16. The summed E-state index contributed by atoms with van der Waals surface area (Å²) in [7, 11) is 0. The molecule has 25 heavy (non-hydrogen) atoms. The van der Waals surface area contributed by atoms with E-state index in [1.54, 1.807) is 12.3 Å². The molecule has 0 fully saturated rings. The zero-order valence-corrected chi connectivity index (χ0v) is 12.9. The summed E-state index contributed by atoms with van der Waals surface area (Å²) in [6.45, 7) is 1.53. The molecule has 7 nitrogen and oxygen atoms in total. The van der Waals surface area contributed by atoms with Crippen LogP contribution < -0.4 is 11.1 Å². The molecular formula is C15H13F3N6O. The number of halogens is 3. The van der Waals surface area contributed by atoms with Gasteiger partial charge >= 0.3 is 0 Å². The summed E-state index contributed by atoms with van der Waals surface area (Å²) >= 11 is 0. The topological polar surface area (TPSA) is 101 Å². The number of nitrogens with two attached hydrogens (primary N) is 1. The van der Waals surface area contributed by atoms with Gasteiger partial charge in [0.15, 0.2) is 23.1 Å². The van der Waals surface area contributed by atoms with Crippen molar-refractivity contribution in [2.24, 2.45) is 10.9 Å². The van der Waals surface area contributed by atoms with Gasteiger partial charge in [-0.15, -0.1) is 0 Å². The van der Waals surface area contributed by atoms with Crippen LogP contribution >= 0.6 is 0 Å². The van der Waals surface area contributed by atoms with Crippen LogP contribution in [0.5, 0.6) is 0 Å². The van der Waals surface area contributed by atoms with Crippen molar-refractivity contribution in [1.82, 2.24) is 14.6 Å². The number of aromatic nitrogens is 3. The van der Waals surface area contributed by atoms with E-state index < -0.39 is 23.5 Å².